The van der Waals surface area contributed by atoms with Crippen LogP contribution in [0.5, 0.6) is 0 Å². The summed E-state index contributed by atoms with van der Waals surface area (Å²) in [5, 5.41) is 0.495. The van der Waals surface area contributed by atoms with E-state index in [2.05, 4.69) is 4.98 Å². The summed E-state index contributed by atoms with van der Waals surface area (Å²) in [5.74, 6) is 1.46. The minimum absolute atomic E-state index is 0.495. The Morgan fingerprint density at radius 2 is 2.12 bits per heavy atom. The molecule has 0 unspecified atom stereocenters. The molecule has 0 aromatic carbocycles. The van der Waals surface area contributed by atoms with Gasteiger partial charge in [-0.3, -0.25) is 4.40 Å². The number of halogens is 1. The summed E-state index contributed by atoms with van der Waals surface area (Å²) in [5.41, 5.74) is 1.97. The first kappa shape index (κ1) is 9.48. The van der Waals surface area contributed by atoms with Crippen molar-refractivity contribution in [2.24, 2.45) is 0 Å². The lowest BCUT2D eigenvalue weighted by Crippen LogP contribution is -1.92. The van der Waals surface area contributed by atoms with E-state index in [1.807, 2.05) is 41.7 Å². The van der Waals surface area contributed by atoms with Gasteiger partial charge in [-0.15, -0.1) is 0 Å². The molecule has 0 saturated carbocycles. The van der Waals surface area contributed by atoms with Crippen LogP contribution in [0, 0.1) is 6.92 Å². The number of hydrogen-bond donors (Lipinski definition) is 0. The Labute approximate surface area is 97.3 Å². The summed E-state index contributed by atoms with van der Waals surface area (Å²) in [7, 11) is 0. The van der Waals surface area contributed by atoms with Crippen LogP contribution in [0.2, 0.25) is 5.15 Å². The molecule has 0 aliphatic rings. The highest BCUT2D eigenvalue weighted by Gasteiger charge is 2.14. The van der Waals surface area contributed by atoms with E-state index in [1.54, 1.807) is 6.26 Å². The van der Waals surface area contributed by atoms with Gasteiger partial charge in [0.05, 0.1) is 11.8 Å². The van der Waals surface area contributed by atoms with Gasteiger partial charge in [-0.2, -0.15) is 0 Å². The molecule has 0 radical (unpaired) electrons. The Bertz CT molecular complexity index is 640. The van der Waals surface area contributed by atoms with Crippen LogP contribution in [0.25, 0.3) is 17.1 Å². The molecule has 3 nitrogen and oxygen atoms in total. The number of pyridine rings is 1. The van der Waals surface area contributed by atoms with Crippen LogP contribution in [0.15, 0.2) is 41.0 Å². The largest absolute Gasteiger partial charge is 0.461 e. The number of rotatable bonds is 1. The third-order valence-corrected chi connectivity index (χ3v) is 2.83. The number of aryl methyl sites for hydroxylation is 1. The quantitative estimate of drug-likeness (QED) is 0.642. The van der Waals surface area contributed by atoms with Crippen molar-refractivity contribution in [1.82, 2.24) is 9.38 Å². The monoisotopic (exact) mass is 232 g/mol. The van der Waals surface area contributed by atoms with Gasteiger partial charge in [0.25, 0.3) is 0 Å². The minimum Gasteiger partial charge on any atom is -0.461 e. The highest BCUT2D eigenvalue weighted by atomic mass is 35.5. The van der Waals surface area contributed by atoms with Crippen molar-refractivity contribution in [3.63, 3.8) is 0 Å². The first-order valence-corrected chi connectivity index (χ1v) is 5.32. The van der Waals surface area contributed by atoms with E-state index in [-0.39, 0.29) is 0 Å². The van der Waals surface area contributed by atoms with Crippen LogP contribution in [-0.4, -0.2) is 9.38 Å². The molecule has 0 fully saturated rings. The zero-order valence-corrected chi connectivity index (χ0v) is 9.40. The number of nitrogens with zero attached hydrogens (tertiary/aromatic N) is 2. The van der Waals surface area contributed by atoms with Crippen LogP contribution in [0.3, 0.4) is 0 Å². The van der Waals surface area contributed by atoms with E-state index in [0.717, 1.165) is 22.8 Å². The third kappa shape index (κ3) is 1.25. The Kier molecular flexibility index (Phi) is 2.01. The number of imidazole rings is 1. The van der Waals surface area contributed by atoms with Gasteiger partial charge in [-0.05, 0) is 31.2 Å². The lowest BCUT2D eigenvalue weighted by molar-refractivity contribution is 0.576. The van der Waals surface area contributed by atoms with E-state index in [9.17, 15) is 0 Å². The molecule has 0 bridgehead atoms. The summed E-state index contributed by atoms with van der Waals surface area (Å²) >= 11 is 6.09. The molecule has 0 spiro atoms. The first-order chi connectivity index (χ1) is 7.77. The minimum atomic E-state index is 0.495. The van der Waals surface area contributed by atoms with Crippen molar-refractivity contribution in [2.75, 3.05) is 0 Å². The molecule has 0 saturated heterocycles. The molecule has 0 atom stereocenters. The Morgan fingerprint density at radius 1 is 1.25 bits per heavy atom. The second-order valence-electron chi connectivity index (χ2n) is 3.59. The first-order valence-electron chi connectivity index (χ1n) is 4.95. The normalized spacial score (nSPS) is 11.1. The number of aromatic nitrogens is 2. The fraction of sp³-hybridized carbons (Fsp3) is 0.0833. The molecule has 16 heavy (non-hydrogen) atoms. The van der Waals surface area contributed by atoms with Gasteiger partial charge >= 0.3 is 0 Å². The lowest BCUT2D eigenvalue weighted by atomic mass is 10.3. The molecular formula is C12H9ClN2O. The molecule has 0 aliphatic carbocycles. The van der Waals surface area contributed by atoms with E-state index in [0.29, 0.717) is 5.15 Å². The highest BCUT2D eigenvalue weighted by molar-refractivity contribution is 6.32. The summed E-state index contributed by atoms with van der Waals surface area (Å²) in [6.07, 6.45) is 1.63. The molecule has 0 aliphatic heterocycles. The molecule has 0 amide bonds. The van der Waals surface area contributed by atoms with Crippen molar-refractivity contribution in [3.8, 4) is 11.6 Å². The third-order valence-electron chi connectivity index (χ3n) is 2.55. The van der Waals surface area contributed by atoms with Gasteiger partial charge in [-0.1, -0.05) is 17.7 Å². The van der Waals surface area contributed by atoms with Crippen molar-refractivity contribution in [1.29, 1.82) is 0 Å². The summed E-state index contributed by atoms with van der Waals surface area (Å²) in [6, 6.07) is 9.62. The van der Waals surface area contributed by atoms with Gasteiger partial charge in [0.1, 0.15) is 0 Å². The maximum absolute atomic E-state index is 6.09. The second kappa shape index (κ2) is 3.39. The Balaban J connectivity index is 2.42. The molecule has 3 heterocycles. The van der Waals surface area contributed by atoms with Gasteiger partial charge in [0.15, 0.2) is 16.7 Å². The van der Waals surface area contributed by atoms with Gasteiger partial charge in [0, 0.05) is 5.69 Å². The highest BCUT2D eigenvalue weighted by Crippen LogP contribution is 2.27. The van der Waals surface area contributed by atoms with Gasteiger partial charge < -0.3 is 4.42 Å². The summed E-state index contributed by atoms with van der Waals surface area (Å²) < 4.78 is 7.34. The summed E-state index contributed by atoms with van der Waals surface area (Å²) in [6.45, 7) is 2.01. The average Bonchev–Trinajstić information content (AvgIpc) is 2.87. The zero-order valence-electron chi connectivity index (χ0n) is 8.64. The lowest BCUT2D eigenvalue weighted by Gasteiger charge is -2.01. The zero-order chi connectivity index (χ0) is 11.1. The van der Waals surface area contributed by atoms with Gasteiger partial charge in [-0.25, -0.2) is 4.98 Å². The maximum Gasteiger partial charge on any atom is 0.182 e. The predicted octanol–water partition coefficient (Wildman–Crippen LogP) is 3.56. The Morgan fingerprint density at radius 3 is 2.88 bits per heavy atom. The van der Waals surface area contributed by atoms with Gasteiger partial charge in [0.2, 0.25) is 0 Å². The standard InChI is InChI=1S/C12H9ClN2O/c1-8-4-2-5-9-11(13)14-12(15(8)9)10-6-3-7-16-10/h2-7H,1H3. The van der Waals surface area contributed by atoms with Crippen LogP contribution in [0.4, 0.5) is 0 Å². The van der Waals surface area contributed by atoms with Crippen molar-refractivity contribution < 1.29 is 4.42 Å². The van der Waals surface area contributed by atoms with Crippen LogP contribution >= 0.6 is 11.6 Å². The average molecular weight is 233 g/mol. The molecule has 0 N–H and O–H groups in total. The van der Waals surface area contributed by atoms with Crippen molar-refractivity contribution in [2.45, 2.75) is 6.92 Å². The van der Waals surface area contributed by atoms with Crippen LogP contribution in [0.1, 0.15) is 5.69 Å². The molecule has 3 aromatic rings. The van der Waals surface area contributed by atoms with Crippen molar-refractivity contribution in [3.05, 3.63) is 47.4 Å². The Hall–Kier alpha value is -1.74. The van der Waals surface area contributed by atoms with E-state index in [1.165, 1.54) is 0 Å². The second-order valence-corrected chi connectivity index (χ2v) is 3.95. The number of furan rings is 1. The summed E-state index contributed by atoms with van der Waals surface area (Å²) in [4.78, 5) is 4.33. The molecule has 80 valence electrons. The van der Waals surface area contributed by atoms with Crippen molar-refractivity contribution >= 4 is 17.1 Å². The predicted molar refractivity (Wildman–Crippen MR) is 62.6 cm³/mol. The molecule has 3 rings (SSSR count). The maximum atomic E-state index is 6.09. The van der Waals surface area contributed by atoms with E-state index < -0.39 is 0 Å². The fourth-order valence-electron chi connectivity index (χ4n) is 1.83. The molecular weight excluding hydrogens is 224 g/mol. The SMILES string of the molecule is Cc1cccc2c(Cl)nc(-c3ccco3)n12. The van der Waals surface area contributed by atoms with Crippen LogP contribution < -0.4 is 0 Å². The fourth-order valence-corrected chi connectivity index (χ4v) is 2.06. The number of hydrogen-bond acceptors (Lipinski definition) is 2. The molecule has 4 heteroatoms. The number of fused-ring (bicyclic) bond motifs is 1. The molecule has 3 aromatic heterocycles. The van der Waals surface area contributed by atoms with Crippen LogP contribution in [-0.2, 0) is 0 Å². The topological polar surface area (TPSA) is 30.4 Å². The van der Waals surface area contributed by atoms with E-state index in [4.69, 9.17) is 16.0 Å². The van der Waals surface area contributed by atoms with E-state index >= 15 is 0 Å². The smallest absolute Gasteiger partial charge is 0.182 e.